The number of urea groups is 1. The number of hydrogen-bond acceptors (Lipinski definition) is 5. The smallest absolute Gasteiger partial charge is 0.417 e. The van der Waals surface area contributed by atoms with E-state index in [1.165, 1.54) is 24.8 Å². The molecule has 0 aliphatic heterocycles. The number of rotatable bonds is 9. The van der Waals surface area contributed by atoms with Gasteiger partial charge in [-0.1, -0.05) is 67.9 Å². The summed E-state index contributed by atoms with van der Waals surface area (Å²) >= 11 is 0.624. The van der Waals surface area contributed by atoms with Crippen molar-refractivity contribution in [3.05, 3.63) is 82.7 Å². The molecule has 1 aromatic heterocycles. The minimum Gasteiger partial charge on any atom is -0.481 e. The Hall–Kier alpha value is -4.26. The number of fused-ring (bicyclic) bond motifs is 1. The van der Waals surface area contributed by atoms with Crippen LogP contribution in [0.3, 0.4) is 0 Å². The Labute approximate surface area is 267 Å². The fourth-order valence-electron chi connectivity index (χ4n) is 6.02. The van der Waals surface area contributed by atoms with E-state index in [4.69, 9.17) is 5.11 Å². The highest BCUT2D eigenvalue weighted by atomic mass is 32.1. The lowest BCUT2D eigenvalue weighted by atomic mass is 9.79. The number of hydrogen-bond donors (Lipinski definition) is 3. The number of nitrogens with one attached hydrogen (secondary N) is 2. The van der Waals surface area contributed by atoms with Crippen molar-refractivity contribution in [2.75, 3.05) is 11.9 Å². The topological polar surface area (TPSA) is 112 Å². The maximum atomic E-state index is 14.0. The zero-order valence-electron chi connectivity index (χ0n) is 25.1. The third-order valence-corrected chi connectivity index (χ3v) is 9.36. The molecule has 3 amide bonds. The van der Waals surface area contributed by atoms with Gasteiger partial charge < -0.3 is 15.3 Å². The van der Waals surface area contributed by atoms with Crippen molar-refractivity contribution in [1.82, 2.24) is 15.2 Å². The molecule has 1 fully saturated rings. The number of alkyl halides is 3. The van der Waals surface area contributed by atoms with Crippen molar-refractivity contribution < 1.29 is 37.1 Å². The molecule has 3 aromatic rings. The van der Waals surface area contributed by atoms with E-state index in [2.05, 4.69) is 27.8 Å². The SMILES string of the molecule is CC1C=C(C2CCCCC2)C=CC1N(Cc1ccc(C(=O)NCCC(=O)O)cc1)C(=O)Nc1nc2cc(F)cc(C(F)(F)F)c2s1. The van der Waals surface area contributed by atoms with Gasteiger partial charge in [0.2, 0.25) is 0 Å². The van der Waals surface area contributed by atoms with Gasteiger partial charge in [0.05, 0.1) is 28.2 Å². The summed E-state index contributed by atoms with van der Waals surface area (Å²) in [5.41, 5.74) is 0.884. The molecule has 2 aliphatic rings. The monoisotopic (exact) mass is 658 g/mol. The number of anilines is 1. The van der Waals surface area contributed by atoms with Crippen molar-refractivity contribution in [3.63, 3.8) is 0 Å². The van der Waals surface area contributed by atoms with Crippen molar-refractivity contribution in [2.24, 2.45) is 11.8 Å². The molecule has 46 heavy (non-hydrogen) atoms. The number of thiazole rings is 1. The summed E-state index contributed by atoms with van der Waals surface area (Å²) in [6.45, 7) is 2.10. The third kappa shape index (κ3) is 7.93. The second-order valence-corrected chi connectivity index (χ2v) is 12.7. The number of allylic oxidation sites excluding steroid dienone is 2. The van der Waals surface area contributed by atoms with Gasteiger partial charge in [-0.3, -0.25) is 14.9 Å². The Balaban J connectivity index is 1.39. The maximum Gasteiger partial charge on any atom is 0.417 e. The van der Waals surface area contributed by atoms with Gasteiger partial charge in [-0.25, -0.2) is 14.2 Å². The molecule has 2 aliphatic carbocycles. The molecule has 2 unspecified atom stereocenters. The summed E-state index contributed by atoms with van der Waals surface area (Å²) < 4.78 is 54.6. The summed E-state index contributed by atoms with van der Waals surface area (Å²) in [7, 11) is 0. The predicted octanol–water partition coefficient (Wildman–Crippen LogP) is 7.77. The first-order valence-corrected chi connectivity index (χ1v) is 15.9. The first kappa shape index (κ1) is 33.1. The van der Waals surface area contributed by atoms with Gasteiger partial charge in [-0.2, -0.15) is 13.2 Å². The predicted molar refractivity (Wildman–Crippen MR) is 167 cm³/mol. The van der Waals surface area contributed by atoms with Crippen LogP contribution in [0.1, 0.15) is 66.9 Å². The van der Waals surface area contributed by atoms with Crippen LogP contribution >= 0.6 is 11.3 Å². The lowest BCUT2D eigenvalue weighted by molar-refractivity contribution is -0.137. The summed E-state index contributed by atoms with van der Waals surface area (Å²) in [6.07, 6.45) is 7.03. The Morgan fingerprint density at radius 1 is 1.09 bits per heavy atom. The average Bonchev–Trinajstić information content (AvgIpc) is 3.41. The van der Waals surface area contributed by atoms with Crippen LogP contribution in [0.15, 0.2) is 60.2 Å². The number of carboxylic acid groups (broad SMARTS) is 1. The number of carboxylic acids is 1. The van der Waals surface area contributed by atoms with Gasteiger partial charge >= 0.3 is 18.2 Å². The number of amides is 3. The van der Waals surface area contributed by atoms with Crippen molar-refractivity contribution in [1.29, 1.82) is 0 Å². The van der Waals surface area contributed by atoms with Crippen molar-refractivity contribution in [2.45, 2.75) is 64.2 Å². The Kier molecular flexibility index (Phi) is 10.1. The van der Waals surface area contributed by atoms with Crippen LogP contribution in [0.2, 0.25) is 0 Å². The van der Waals surface area contributed by atoms with E-state index in [-0.39, 0.29) is 40.8 Å². The molecule has 8 nitrogen and oxygen atoms in total. The molecule has 0 saturated heterocycles. The van der Waals surface area contributed by atoms with E-state index in [9.17, 15) is 31.9 Å². The molecule has 13 heteroatoms. The normalized spacial score (nSPS) is 18.7. The van der Waals surface area contributed by atoms with Gasteiger partial charge in [0, 0.05) is 24.7 Å². The standard InChI is InChI=1S/C33H34F4N4O4S/c1-19-15-23(21-5-3-2-4-6-21)11-12-27(19)41(18-20-7-9-22(10-8-20)30(44)38-14-13-28(42)43)32(45)40-31-39-26-17-24(34)16-25(29(26)46-31)33(35,36)37/h7-12,15-17,19,21,27H,2-6,13-14,18H2,1H3,(H,38,44)(H,42,43)(H,39,40,45). The second-order valence-electron chi connectivity index (χ2n) is 11.7. The summed E-state index contributed by atoms with van der Waals surface area (Å²) in [6, 6.07) is 6.83. The maximum absolute atomic E-state index is 14.0. The van der Waals surface area contributed by atoms with Crippen LogP contribution in [0.5, 0.6) is 0 Å². The van der Waals surface area contributed by atoms with E-state index >= 15 is 0 Å². The summed E-state index contributed by atoms with van der Waals surface area (Å²) in [4.78, 5) is 42.6. The molecule has 2 aromatic carbocycles. The summed E-state index contributed by atoms with van der Waals surface area (Å²) in [5, 5.41) is 13.9. The zero-order chi connectivity index (χ0) is 33.0. The highest BCUT2D eigenvalue weighted by Crippen LogP contribution is 2.40. The molecular formula is C33H34F4N4O4S. The van der Waals surface area contributed by atoms with Crippen LogP contribution in [0, 0.1) is 17.7 Å². The van der Waals surface area contributed by atoms with Crippen molar-refractivity contribution in [3.8, 4) is 0 Å². The van der Waals surface area contributed by atoms with E-state index < -0.39 is 41.5 Å². The largest absolute Gasteiger partial charge is 0.481 e. The molecule has 3 N–H and O–H groups in total. The second kappa shape index (κ2) is 14.0. The molecule has 2 atom stereocenters. The van der Waals surface area contributed by atoms with Gasteiger partial charge in [-0.05, 0) is 54.0 Å². The lowest BCUT2D eigenvalue weighted by Crippen LogP contribution is -2.45. The number of carbonyl (C=O) groups is 3. The third-order valence-electron chi connectivity index (χ3n) is 8.34. The number of benzene rings is 2. The van der Waals surface area contributed by atoms with Crippen LogP contribution in [-0.4, -0.2) is 45.5 Å². The summed E-state index contributed by atoms with van der Waals surface area (Å²) in [5.74, 6) is -2.15. The minimum atomic E-state index is -4.80. The minimum absolute atomic E-state index is 0.0188. The fourth-order valence-corrected chi connectivity index (χ4v) is 6.99. The van der Waals surface area contributed by atoms with Crippen LogP contribution in [-0.2, 0) is 17.5 Å². The quantitative estimate of drug-likeness (QED) is 0.204. The Morgan fingerprint density at radius 3 is 2.46 bits per heavy atom. The molecule has 0 radical (unpaired) electrons. The number of nitrogens with zero attached hydrogens (tertiary/aromatic N) is 2. The first-order chi connectivity index (χ1) is 21.9. The molecule has 244 valence electrons. The van der Waals surface area contributed by atoms with Crippen LogP contribution < -0.4 is 10.6 Å². The molecular weight excluding hydrogens is 624 g/mol. The first-order valence-electron chi connectivity index (χ1n) is 15.1. The fraction of sp³-hybridized carbons (Fsp3) is 0.394. The molecule has 0 bridgehead atoms. The van der Waals surface area contributed by atoms with Crippen LogP contribution in [0.25, 0.3) is 10.2 Å². The average molecular weight is 659 g/mol. The molecule has 0 spiro atoms. The Morgan fingerprint density at radius 2 is 1.80 bits per heavy atom. The molecule has 5 rings (SSSR count). The Bertz CT molecular complexity index is 1660. The van der Waals surface area contributed by atoms with E-state index in [0.29, 0.717) is 34.4 Å². The zero-order valence-corrected chi connectivity index (χ0v) is 25.9. The van der Waals surface area contributed by atoms with Gasteiger partial charge in [-0.15, -0.1) is 0 Å². The number of aromatic nitrogens is 1. The highest BCUT2D eigenvalue weighted by Gasteiger charge is 2.35. The van der Waals surface area contributed by atoms with Crippen molar-refractivity contribution >= 4 is 44.6 Å². The van der Waals surface area contributed by atoms with E-state index in [1.54, 1.807) is 29.2 Å². The van der Waals surface area contributed by atoms with Gasteiger partial charge in [0.25, 0.3) is 5.91 Å². The highest BCUT2D eigenvalue weighted by molar-refractivity contribution is 7.22. The van der Waals surface area contributed by atoms with E-state index in [0.717, 1.165) is 18.9 Å². The van der Waals surface area contributed by atoms with E-state index in [1.807, 2.05) is 13.0 Å². The number of aliphatic carboxylic acids is 1. The van der Waals surface area contributed by atoms with Gasteiger partial charge in [0.15, 0.2) is 5.13 Å². The van der Waals surface area contributed by atoms with Crippen LogP contribution in [0.4, 0.5) is 27.5 Å². The molecule has 1 saturated carbocycles. The van der Waals surface area contributed by atoms with Gasteiger partial charge in [0.1, 0.15) is 5.82 Å². The lowest BCUT2D eigenvalue weighted by Gasteiger charge is -2.36. The number of carbonyl (C=O) groups excluding carboxylic acids is 2. The number of halogens is 4. The molecule has 1 heterocycles.